The van der Waals surface area contributed by atoms with Crippen molar-refractivity contribution in [2.24, 2.45) is 0 Å². The van der Waals surface area contributed by atoms with Gasteiger partial charge in [-0.1, -0.05) is 11.6 Å². The van der Waals surface area contributed by atoms with Crippen LogP contribution in [0.1, 0.15) is 12.5 Å². The van der Waals surface area contributed by atoms with Gasteiger partial charge in [-0.3, -0.25) is 4.90 Å². The standard InChI is InChI=1S/C10H13Cl2N3O2S/c1-7-5-15(2-3-18(7,16)17)6-8-4-13-10(12)14-9(8)11/h4,7H,2-3,5-6H2,1H3. The summed E-state index contributed by atoms with van der Waals surface area (Å²) in [5.41, 5.74) is 0.757. The largest absolute Gasteiger partial charge is 0.297 e. The molecule has 1 unspecified atom stereocenters. The van der Waals surface area contributed by atoms with Crippen molar-refractivity contribution >= 4 is 33.0 Å². The zero-order chi connectivity index (χ0) is 13.3. The third kappa shape index (κ3) is 3.12. The molecule has 2 rings (SSSR count). The normalized spacial score (nSPS) is 24.1. The van der Waals surface area contributed by atoms with Gasteiger partial charge in [0.25, 0.3) is 0 Å². The van der Waals surface area contributed by atoms with E-state index in [0.717, 1.165) is 5.56 Å². The van der Waals surface area contributed by atoms with Gasteiger partial charge in [-0.05, 0) is 18.5 Å². The van der Waals surface area contributed by atoms with Crippen LogP contribution in [0.15, 0.2) is 6.20 Å². The first-order valence-electron chi connectivity index (χ1n) is 5.49. The molecule has 1 atom stereocenters. The molecule has 0 bridgehead atoms. The SMILES string of the molecule is CC1CN(Cc2cnc(Cl)nc2Cl)CCS1(=O)=O. The third-order valence-corrected chi connectivity index (χ3v) is 5.63. The Morgan fingerprint density at radius 1 is 1.50 bits per heavy atom. The number of rotatable bonds is 2. The van der Waals surface area contributed by atoms with Gasteiger partial charge in [-0.25, -0.2) is 18.4 Å². The molecule has 0 radical (unpaired) electrons. The minimum Gasteiger partial charge on any atom is -0.297 e. The van der Waals surface area contributed by atoms with Gasteiger partial charge in [0, 0.05) is 31.4 Å². The van der Waals surface area contributed by atoms with Crippen molar-refractivity contribution < 1.29 is 8.42 Å². The molecule has 1 aliphatic rings. The molecular formula is C10H13Cl2N3O2S. The molecular weight excluding hydrogens is 297 g/mol. The van der Waals surface area contributed by atoms with Gasteiger partial charge in [0.05, 0.1) is 11.0 Å². The van der Waals surface area contributed by atoms with Crippen molar-refractivity contribution in [3.63, 3.8) is 0 Å². The summed E-state index contributed by atoms with van der Waals surface area (Å²) >= 11 is 11.6. The van der Waals surface area contributed by atoms with Gasteiger partial charge in [0.15, 0.2) is 9.84 Å². The highest BCUT2D eigenvalue weighted by molar-refractivity contribution is 7.92. The van der Waals surface area contributed by atoms with E-state index >= 15 is 0 Å². The van der Waals surface area contributed by atoms with Crippen molar-refractivity contribution in [3.05, 3.63) is 22.2 Å². The fourth-order valence-electron chi connectivity index (χ4n) is 1.88. The van der Waals surface area contributed by atoms with Crippen LogP contribution < -0.4 is 0 Å². The number of sulfone groups is 1. The van der Waals surface area contributed by atoms with Crippen molar-refractivity contribution in [3.8, 4) is 0 Å². The van der Waals surface area contributed by atoms with Gasteiger partial charge in [-0.15, -0.1) is 0 Å². The van der Waals surface area contributed by atoms with Crippen molar-refractivity contribution in [1.29, 1.82) is 0 Å². The van der Waals surface area contributed by atoms with E-state index in [1.807, 2.05) is 4.90 Å². The Morgan fingerprint density at radius 3 is 2.83 bits per heavy atom. The first kappa shape index (κ1) is 14.0. The van der Waals surface area contributed by atoms with Crippen LogP contribution in [-0.4, -0.2) is 47.4 Å². The highest BCUT2D eigenvalue weighted by atomic mass is 35.5. The van der Waals surface area contributed by atoms with Crippen LogP contribution in [-0.2, 0) is 16.4 Å². The Kier molecular flexibility index (Phi) is 4.11. The van der Waals surface area contributed by atoms with E-state index in [2.05, 4.69) is 9.97 Å². The quantitative estimate of drug-likeness (QED) is 0.610. The lowest BCUT2D eigenvalue weighted by Gasteiger charge is -2.30. The topological polar surface area (TPSA) is 63.2 Å². The van der Waals surface area contributed by atoms with Gasteiger partial charge >= 0.3 is 0 Å². The molecule has 1 aromatic heterocycles. The molecule has 0 saturated carbocycles. The molecule has 1 aliphatic heterocycles. The summed E-state index contributed by atoms with van der Waals surface area (Å²) in [7, 11) is -2.93. The molecule has 0 N–H and O–H groups in total. The van der Waals surface area contributed by atoms with Crippen molar-refractivity contribution in [2.45, 2.75) is 18.7 Å². The minimum atomic E-state index is -2.93. The van der Waals surface area contributed by atoms with Gasteiger partial charge in [0.1, 0.15) is 5.15 Å². The molecule has 0 aliphatic carbocycles. The van der Waals surface area contributed by atoms with E-state index in [9.17, 15) is 8.42 Å². The highest BCUT2D eigenvalue weighted by Crippen LogP contribution is 2.19. The van der Waals surface area contributed by atoms with Crippen LogP contribution in [0.25, 0.3) is 0 Å². The number of aromatic nitrogens is 2. The maximum absolute atomic E-state index is 11.6. The van der Waals surface area contributed by atoms with E-state index in [1.54, 1.807) is 13.1 Å². The number of halogens is 2. The second-order valence-corrected chi connectivity index (χ2v) is 7.60. The van der Waals surface area contributed by atoms with E-state index in [0.29, 0.717) is 24.8 Å². The Morgan fingerprint density at radius 2 is 2.22 bits per heavy atom. The summed E-state index contributed by atoms with van der Waals surface area (Å²) in [6.45, 7) is 3.27. The van der Waals surface area contributed by atoms with Crippen LogP contribution in [0.2, 0.25) is 10.4 Å². The Balaban J connectivity index is 2.07. The Hall–Kier alpha value is -0.430. The summed E-state index contributed by atoms with van der Waals surface area (Å²) in [5.74, 6) is 0.181. The molecule has 0 amide bonds. The van der Waals surface area contributed by atoms with Crippen molar-refractivity contribution in [2.75, 3.05) is 18.8 Å². The highest BCUT2D eigenvalue weighted by Gasteiger charge is 2.29. The maximum atomic E-state index is 11.6. The molecule has 2 heterocycles. The summed E-state index contributed by atoms with van der Waals surface area (Å²) in [6.07, 6.45) is 1.57. The lowest BCUT2D eigenvalue weighted by molar-refractivity contribution is 0.269. The second-order valence-electron chi connectivity index (χ2n) is 4.37. The first-order chi connectivity index (χ1) is 8.38. The van der Waals surface area contributed by atoms with Crippen LogP contribution in [0.4, 0.5) is 0 Å². The molecule has 0 spiro atoms. The smallest absolute Gasteiger partial charge is 0.223 e. The second kappa shape index (κ2) is 5.28. The predicted octanol–water partition coefficient (Wildman–Crippen LogP) is 1.40. The zero-order valence-corrected chi connectivity index (χ0v) is 12.1. The van der Waals surface area contributed by atoms with Crippen molar-refractivity contribution in [1.82, 2.24) is 14.9 Å². The van der Waals surface area contributed by atoms with Gasteiger partial charge in [-0.2, -0.15) is 0 Å². The lowest BCUT2D eigenvalue weighted by atomic mass is 10.3. The van der Waals surface area contributed by atoms with Gasteiger partial charge < -0.3 is 0 Å². The maximum Gasteiger partial charge on any atom is 0.223 e. The fraction of sp³-hybridized carbons (Fsp3) is 0.600. The van der Waals surface area contributed by atoms with E-state index in [4.69, 9.17) is 23.2 Å². The Labute approximate surface area is 116 Å². The van der Waals surface area contributed by atoms with Crippen LogP contribution in [0, 0.1) is 0 Å². The molecule has 0 aromatic carbocycles. The summed E-state index contributed by atoms with van der Waals surface area (Å²) < 4.78 is 23.2. The number of hydrogen-bond donors (Lipinski definition) is 0. The van der Waals surface area contributed by atoms with Crippen LogP contribution in [0.5, 0.6) is 0 Å². The van der Waals surface area contributed by atoms with Gasteiger partial charge in [0.2, 0.25) is 5.28 Å². The van der Waals surface area contributed by atoms with E-state index in [1.165, 1.54) is 0 Å². The Bertz CT molecular complexity index is 550. The summed E-state index contributed by atoms with van der Waals surface area (Å²) in [6, 6.07) is 0. The monoisotopic (exact) mass is 309 g/mol. The van der Waals surface area contributed by atoms with E-state index < -0.39 is 9.84 Å². The molecule has 1 aromatic rings. The van der Waals surface area contributed by atoms with E-state index in [-0.39, 0.29) is 16.3 Å². The summed E-state index contributed by atoms with van der Waals surface area (Å²) in [4.78, 5) is 9.77. The average Bonchev–Trinajstić information content (AvgIpc) is 2.28. The molecule has 8 heteroatoms. The fourth-order valence-corrected chi connectivity index (χ4v) is 3.60. The van der Waals surface area contributed by atoms with Crippen LogP contribution >= 0.6 is 23.2 Å². The third-order valence-electron chi connectivity index (χ3n) is 3.00. The lowest BCUT2D eigenvalue weighted by Crippen LogP contribution is -2.45. The molecule has 1 fully saturated rings. The zero-order valence-electron chi connectivity index (χ0n) is 9.81. The number of hydrogen-bond acceptors (Lipinski definition) is 5. The predicted molar refractivity (Wildman–Crippen MR) is 70.6 cm³/mol. The number of nitrogens with zero attached hydrogens (tertiary/aromatic N) is 3. The minimum absolute atomic E-state index is 0.110. The average molecular weight is 310 g/mol. The molecule has 100 valence electrons. The molecule has 1 saturated heterocycles. The summed E-state index contributed by atoms with van der Waals surface area (Å²) in [5, 5.41) is 0.0765. The molecule has 18 heavy (non-hydrogen) atoms. The van der Waals surface area contributed by atoms with Crippen LogP contribution in [0.3, 0.4) is 0 Å². The molecule has 5 nitrogen and oxygen atoms in total. The first-order valence-corrected chi connectivity index (χ1v) is 7.96.